The van der Waals surface area contributed by atoms with E-state index in [4.69, 9.17) is 5.73 Å². The minimum absolute atomic E-state index is 0.0528. The van der Waals surface area contributed by atoms with Crippen LogP contribution in [0.1, 0.15) is 15.9 Å². The molecule has 6 heteroatoms. The molecule has 5 nitrogen and oxygen atoms in total. The van der Waals surface area contributed by atoms with Gasteiger partial charge in [0.15, 0.2) is 5.78 Å². The van der Waals surface area contributed by atoms with Crippen molar-refractivity contribution in [2.45, 2.75) is 6.92 Å². The molecule has 0 aliphatic rings. The van der Waals surface area contributed by atoms with Crippen molar-refractivity contribution >= 4 is 33.1 Å². The van der Waals surface area contributed by atoms with Crippen LogP contribution in [0, 0.1) is 17.0 Å². The molecule has 0 aliphatic carbocycles. The van der Waals surface area contributed by atoms with Crippen molar-refractivity contribution in [3.05, 3.63) is 33.4 Å². The van der Waals surface area contributed by atoms with E-state index in [2.05, 4.69) is 15.9 Å². The number of benzene rings is 1. The molecule has 80 valence electrons. The number of nitrogens with two attached hydrogens (primary N) is 1. The topological polar surface area (TPSA) is 86.2 Å². The summed E-state index contributed by atoms with van der Waals surface area (Å²) in [5, 5.41) is 10.7. The van der Waals surface area contributed by atoms with Crippen LogP contribution in [0.4, 0.5) is 11.4 Å². The van der Waals surface area contributed by atoms with Crippen LogP contribution in [0.25, 0.3) is 0 Å². The highest BCUT2D eigenvalue weighted by atomic mass is 79.9. The van der Waals surface area contributed by atoms with Crippen molar-refractivity contribution in [1.82, 2.24) is 0 Å². The first-order valence-electron chi connectivity index (χ1n) is 4.11. The Balaban J connectivity index is 3.41. The lowest BCUT2D eigenvalue weighted by molar-refractivity contribution is -0.385. The van der Waals surface area contributed by atoms with Gasteiger partial charge < -0.3 is 5.73 Å². The number of alkyl halides is 1. The highest BCUT2D eigenvalue weighted by Gasteiger charge is 2.20. The summed E-state index contributed by atoms with van der Waals surface area (Å²) in [6, 6.07) is 2.66. The summed E-state index contributed by atoms with van der Waals surface area (Å²) in [7, 11) is 0. The van der Waals surface area contributed by atoms with Crippen molar-refractivity contribution in [2.24, 2.45) is 0 Å². The van der Waals surface area contributed by atoms with Crippen molar-refractivity contribution in [1.29, 1.82) is 0 Å². The minimum atomic E-state index is -0.605. The maximum Gasteiger partial charge on any atom is 0.282 e. The molecule has 0 atom stereocenters. The summed E-state index contributed by atoms with van der Waals surface area (Å²) < 4.78 is 0. The number of halogens is 1. The molecule has 1 rings (SSSR count). The van der Waals surface area contributed by atoms with E-state index in [1.807, 2.05) is 0 Å². The number of nitro benzene ring substituents is 1. The number of nitrogen functional groups attached to an aromatic ring is 1. The third-order valence-corrected chi connectivity index (χ3v) is 2.51. The van der Waals surface area contributed by atoms with E-state index in [1.54, 1.807) is 6.92 Å². The number of aryl methyl sites for hydroxylation is 1. The van der Waals surface area contributed by atoms with E-state index in [0.717, 1.165) is 0 Å². The van der Waals surface area contributed by atoms with E-state index in [1.165, 1.54) is 12.1 Å². The monoisotopic (exact) mass is 272 g/mol. The number of hydrogen-bond donors (Lipinski definition) is 1. The van der Waals surface area contributed by atoms with Crippen LogP contribution >= 0.6 is 15.9 Å². The number of nitrogens with zero attached hydrogens (tertiary/aromatic N) is 1. The maximum absolute atomic E-state index is 11.4. The number of carbonyl (C=O) groups excluding carboxylic acids is 1. The quantitative estimate of drug-likeness (QED) is 0.300. The lowest BCUT2D eigenvalue weighted by Gasteiger charge is -2.04. The fourth-order valence-corrected chi connectivity index (χ4v) is 1.46. The van der Waals surface area contributed by atoms with Crippen LogP contribution in [0.5, 0.6) is 0 Å². The second-order valence-corrected chi connectivity index (χ2v) is 3.60. The first-order chi connectivity index (χ1) is 6.97. The zero-order chi connectivity index (χ0) is 11.6. The number of ketones is 1. The normalized spacial score (nSPS) is 10.0. The molecule has 1 aromatic rings. The fraction of sp³-hybridized carbons (Fsp3) is 0.222. The first kappa shape index (κ1) is 11.6. The minimum Gasteiger partial charge on any atom is -0.398 e. The van der Waals surface area contributed by atoms with Gasteiger partial charge in [0.1, 0.15) is 0 Å². The summed E-state index contributed by atoms with van der Waals surface area (Å²) in [5.74, 6) is -0.329. The third kappa shape index (κ3) is 2.33. The molecule has 15 heavy (non-hydrogen) atoms. The summed E-state index contributed by atoms with van der Waals surface area (Å²) in [4.78, 5) is 21.5. The zero-order valence-corrected chi connectivity index (χ0v) is 9.58. The number of carbonyl (C=O) groups is 1. The summed E-state index contributed by atoms with van der Waals surface area (Å²) >= 11 is 2.97. The van der Waals surface area contributed by atoms with E-state index in [0.29, 0.717) is 11.3 Å². The Bertz CT molecular complexity index is 432. The van der Waals surface area contributed by atoms with Gasteiger partial charge in [-0.2, -0.15) is 0 Å². The molecular weight excluding hydrogens is 264 g/mol. The van der Waals surface area contributed by atoms with Gasteiger partial charge in [-0.3, -0.25) is 14.9 Å². The van der Waals surface area contributed by atoms with E-state index in [-0.39, 0.29) is 22.4 Å². The van der Waals surface area contributed by atoms with Gasteiger partial charge in [0.25, 0.3) is 5.69 Å². The summed E-state index contributed by atoms with van der Waals surface area (Å²) in [6.07, 6.45) is 0. The van der Waals surface area contributed by atoms with Gasteiger partial charge in [0.05, 0.1) is 15.8 Å². The van der Waals surface area contributed by atoms with Gasteiger partial charge in [-0.25, -0.2) is 0 Å². The Kier molecular flexibility index (Phi) is 3.41. The SMILES string of the molecule is Cc1cc(C(=O)CBr)c([N+](=O)[O-])cc1N. The molecule has 0 bridgehead atoms. The average Bonchev–Trinajstić information content (AvgIpc) is 2.20. The Morgan fingerprint density at radius 1 is 1.60 bits per heavy atom. The summed E-state index contributed by atoms with van der Waals surface area (Å²) in [5.41, 5.74) is 6.35. The Labute approximate surface area is 94.5 Å². The first-order valence-corrected chi connectivity index (χ1v) is 5.23. The largest absolute Gasteiger partial charge is 0.398 e. The van der Waals surface area contributed by atoms with Crippen LogP contribution in [0.3, 0.4) is 0 Å². The predicted molar refractivity (Wildman–Crippen MR) is 60.4 cm³/mol. The molecule has 1 aromatic carbocycles. The smallest absolute Gasteiger partial charge is 0.282 e. The molecule has 0 saturated carbocycles. The van der Waals surface area contributed by atoms with Crippen LogP contribution in [0.2, 0.25) is 0 Å². The molecule has 0 fully saturated rings. The van der Waals surface area contributed by atoms with Gasteiger partial charge in [-0.05, 0) is 18.6 Å². The summed E-state index contributed by atoms with van der Waals surface area (Å²) in [6.45, 7) is 1.70. The molecule has 0 radical (unpaired) electrons. The Morgan fingerprint density at radius 2 is 2.20 bits per heavy atom. The molecule has 0 spiro atoms. The number of nitro groups is 1. The van der Waals surface area contributed by atoms with Crippen molar-refractivity contribution in [2.75, 3.05) is 11.1 Å². The molecule has 0 aliphatic heterocycles. The molecule has 0 amide bonds. The maximum atomic E-state index is 11.4. The fourth-order valence-electron chi connectivity index (χ4n) is 1.16. The van der Waals surface area contributed by atoms with Gasteiger partial charge in [0, 0.05) is 11.8 Å². The van der Waals surface area contributed by atoms with E-state index in [9.17, 15) is 14.9 Å². The van der Waals surface area contributed by atoms with Crippen LogP contribution in [-0.4, -0.2) is 16.0 Å². The highest BCUT2D eigenvalue weighted by Crippen LogP contribution is 2.25. The lowest BCUT2D eigenvalue weighted by atomic mass is 10.0. The molecular formula is C9H9BrN2O3. The van der Waals surface area contributed by atoms with Gasteiger partial charge in [0.2, 0.25) is 0 Å². The lowest BCUT2D eigenvalue weighted by Crippen LogP contribution is -2.06. The molecule has 2 N–H and O–H groups in total. The number of anilines is 1. The Morgan fingerprint density at radius 3 is 2.67 bits per heavy atom. The van der Waals surface area contributed by atoms with Crippen molar-refractivity contribution < 1.29 is 9.72 Å². The van der Waals surface area contributed by atoms with Gasteiger partial charge >= 0.3 is 0 Å². The second kappa shape index (κ2) is 4.39. The zero-order valence-electron chi connectivity index (χ0n) is 7.99. The molecule has 0 heterocycles. The van der Waals surface area contributed by atoms with E-state index < -0.39 is 4.92 Å². The highest BCUT2D eigenvalue weighted by molar-refractivity contribution is 9.09. The van der Waals surface area contributed by atoms with Gasteiger partial charge in [-0.1, -0.05) is 15.9 Å². The predicted octanol–water partition coefficient (Wildman–Crippen LogP) is 2.06. The average molecular weight is 273 g/mol. The van der Waals surface area contributed by atoms with Gasteiger partial charge in [-0.15, -0.1) is 0 Å². The van der Waals surface area contributed by atoms with E-state index >= 15 is 0 Å². The molecule has 0 unspecified atom stereocenters. The Hall–Kier alpha value is -1.43. The second-order valence-electron chi connectivity index (χ2n) is 3.04. The van der Waals surface area contributed by atoms with Crippen LogP contribution in [0.15, 0.2) is 12.1 Å². The molecule has 0 aromatic heterocycles. The van der Waals surface area contributed by atoms with Crippen LogP contribution in [-0.2, 0) is 0 Å². The molecule has 0 saturated heterocycles. The van der Waals surface area contributed by atoms with Crippen LogP contribution < -0.4 is 5.73 Å². The standard InChI is InChI=1S/C9H9BrN2O3/c1-5-2-6(9(13)4-10)8(12(14)15)3-7(5)11/h2-3H,4,11H2,1H3. The number of Topliss-reactive ketones (excluding diaryl/α,β-unsaturated/α-hetero) is 1. The number of hydrogen-bond acceptors (Lipinski definition) is 4. The van der Waals surface area contributed by atoms with Crippen molar-refractivity contribution in [3.8, 4) is 0 Å². The van der Waals surface area contributed by atoms with Crippen molar-refractivity contribution in [3.63, 3.8) is 0 Å². The number of rotatable bonds is 3. The third-order valence-electron chi connectivity index (χ3n) is 2.00.